The van der Waals surface area contributed by atoms with Crippen LogP contribution in [0, 0.1) is 0 Å². The van der Waals surface area contributed by atoms with Crippen molar-refractivity contribution >= 4 is 33.3 Å². The Bertz CT molecular complexity index is 878. The van der Waals surface area contributed by atoms with Gasteiger partial charge in [0.05, 0.1) is 5.39 Å². The van der Waals surface area contributed by atoms with Crippen LogP contribution in [0.25, 0.3) is 21.3 Å². The highest BCUT2D eigenvalue weighted by Gasteiger charge is 2.17. The van der Waals surface area contributed by atoms with Crippen molar-refractivity contribution in [3.8, 4) is 11.1 Å². The predicted octanol–water partition coefficient (Wildman–Crippen LogP) is 3.74. The second-order valence-corrected chi connectivity index (χ2v) is 6.23. The van der Waals surface area contributed by atoms with Gasteiger partial charge in [-0.2, -0.15) is 0 Å². The molecule has 20 heavy (non-hydrogen) atoms. The fourth-order valence-corrected chi connectivity index (χ4v) is 4.07. The van der Waals surface area contributed by atoms with Crippen LogP contribution >= 0.6 is 23.1 Å². The van der Waals surface area contributed by atoms with Gasteiger partial charge in [-0.1, -0.05) is 48.2 Å². The normalized spacial score (nSPS) is 13.6. The molecule has 4 rings (SSSR count). The van der Waals surface area contributed by atoms with E-state index < -0.39 is 0 Å². The van der Waals surface area contributed by atoms with E-state index in [1.54, 1.807) is 4.57 Å². The molecule has 98 valence electrons. The zero-order valence-corrected chi connectivity index (χ0v) is 12.1. The zero-order chi connectivity index (χ0) is 13.5. The Labute approximate surface area is 123 Å². The third kappa shape index (κ3) is 1.74. The standard InChI is InChI=1S/C15H10N2OS2/c18-14-12-11(10-5-2-1-3-6-10)9-20-13(12)16-15-17(14)7-4-8-19-15/h1-6,8-9H,7H2. The van der Waals surface area contributed by atoms with Gasteiger partial charge in [-0.3, -0.25) is 9.36 Å². The van der Waals surface area contributed by atoms with Gasteiger partial charge in [0.25, 0.3) is 5.56 Å². The third-order valence-corrected chi connectivity index (χ3v) is 5.02. The molecule has 0 radical (unpaired) electrons. The molecule has 1 aromatic carbocycles. The molecule has 0 spiro atoms. The van der Waals surface area contributed by atoms with Crippen molar-refractivity contribution in [3.05, 3.63) is 57.5 Å². The van der Waals surface area contributed by atoms with Crippen LogP contribution in [0.3, 0.4) is 0 Å². The molecule has 1 aliphatic rings. The Morgan fingerprint density at radius 3 is 2.90 bits per heavy atom. The number of thioether (sulfide) groups is 1. The highest BCUT2D eigenvalue weighted by Crippen LogP contribution is 2.32. The molecule has 3 nitrogen and oxygen atoms in total. The van der Waals surface area contributed by atoms with Gasteiger partial charge in [0.15, 0.2) is 5.16 Å². The van der Waals surface area contributed by atoms with Crippen LogP contribution in [0.4, 0.5) is 0 Å². The number of allylic oxidation sites excluding steroid dienone is 1. The number of thiophene rings is 1. The molecule has 5 heteroatoms. The van der Waals surface area contributed by atoms with Gasteiger partial charge in [0.1, 0.15) is 4.83 Å². The summed E-state index contributed by atoms with van der Waals surface area (Å²) in [7, 11) is 0. The Morgan fingerprint density at radius 2 is 2.05 bits per heavy atom. The summed E-state index contributed by atoms with van der Waals surface area (Å²) in [6, 6.07) is 10.0. The quantitative estimate of drug-likeness (QED) is 0.642. The molecular weight excluding hydrogens is 288 g/mol. The van der Waals surface area contributed by atoms with Crippen LogP contribution in [0.1, 0.15) is 0 Å². The fourth-order valence-electron chi connectivity index (χ4n) is 2.34. The molecule has 0 aliphatic carbocycles. The first kappa shape index (κ1) is 11.9. The van der Waals surface area contributed by atoms with Gasteiger partial charge in [-0.05, 0) is 11.0 Å². The number of hydrogen-bond donors (Lipinski definition) is 0. The number of fused-ring (bicyclic) bond motifs is 2. The van der Waals surface area contributed by atoms with Crippen molar-refractivity contribution in [2.75, 3.05) is 0 Å². The van der Waals surface area contributed by atoms with E-state index in [4.69, 9.17) is 0 Å². The lowest BCUT2D eigenvalue weighted by Crippen LogP contribution is -2.23. The van der Waals surface area contributed by atoms with Crippen LogP contribution in [-0.4, -0.2) is 9.55 Å². The summed E-state index contributed by atoms with van der Waals surface area (Å²) in [4.78, 5) is 18.1. The summed E-state index contributed by atoms with van der Waals surface area (Å²) in [6.07, 6.45) is 1.99. The van der Waals surface area contributed by atoms with Crippen LogP contribution in [0.2, 0.25) is 0 Å². The Balaban J connectivity index is 2.05. The molecule has 0 atom stereocenters. The van der Waals surface area contributed by atoms with Crippen LogP contribution in [0.5, 0.6) is 0 Å². The van der Waals surface area contributed by atoms with E-state index in [1.807, 2.05) is 47.2 Å². The SMILES string of the molecule is O=c1c2c(-c3ccccc3)csc2nc2n1CC=CS2. The van der Waals surface area contributed by atoms with Crippen LogP contribution < -0.4 is 5.56 Å². The van der Waals surface area contributed by atoms with Gasteiger partial charge in [0, 0.05) is 17.5 Å². The van der Waals surface area contributed by atoms with Crippen molar-refractivity contribution in [2.45, 2.75) is 11.7 Å². The van der Waals surface area contributed by atoms with Gasteiger partial charge < -0.3 is 0 Å². The number of rotatable bonds is 1. The average Bonchev–Trinajstić information content (AvgIpc) is 2.92. The van der Waals surface area contributed by atoms with E-state index in [-0.39, 0.29) is 5.56 Å². The Hall–Kier alpha value is -1.85. The summed E-state index contributed by atoms with van der Waals surface area (Å²) in [5.74, 6) is 0. The van der Waals surface area contributed by atoms with E-state index in [2.05, 4.69) is 4.98 Å². The van der Waals surface area contributed by atoms with Crippen molar-refractivity contribution in [2.24, 2.45) is 0 Å². The summed E-state index contributed by atoms with van der Waals surface area (Å²) in [5.41, 5.74) is 2.11. The number of aromatic nitrogens is 2. The maximum atomic E-state index is 12.7. The largest absolute Gasteiger partial charge is 0.283 e. The third-order valence-electron chi connectivity index (χ3n) is 3.30. The summed E-state index contributed by atoms with van der Waals surface area (Å²) in [5, 5.41) is 5.53. The number of benzene rings is 1. The first-order chi connectivity index (χ1) is 9.84. The van der Waals surface area contributed by atoms with Gasteiger partial charge in [-0.25, -0.2) is 4.98 Å². The molecular formula is C15H10N2OS2. The van der Waals surface area contributed by atoms with Gasteiger partial charge >= 0.3 is 0 Å². The molecule has 0 bridgehead atoms. The minimum absolute atomic E-state index is 0.0574. The van der Waals surface area contributed by atoms with Crippen LogP contribution in [-0.2, 0) is 6.54 Å². The summed E-state index contributed by atoms with van der Waals surface area (Å²) in [6.45, 7) is 0.605. The fraction of sp³-hybridized carbons (Fsp3) is 0.0667. The lowest BCUT2D eigenvalue weighted by molar-refractivity contribution is 0.669. The first-order valence-corrected chi connectivity index (χ1v) is 7.99. The molecule has 0 unspecified atom stereocenters. The molecule has 0 saturated carbocycles. The molecule has 1 aliphatic heterocycles. The number of nitrogens with zero attached hydrogens (tertiary/aromatic N) is 2. The molecule has 2 aromatic heterocycles. The maximum Gasteiger partial charge on any atom is 0.263 e. The summed E-state index contributed by atoms with van der Waals surface area (Å²) >= 11 is 3.03. The highest BCUT2D eigenvalue weighted by molar-refractivity contribution is 8.02. The minimum Gasteiger partial charge on any atom is -0.283 e. The number of hydrogen-bond acceptors (Lipinski definition) is 4. The zero-order valence-electron chi connectivity index (χ0n) is 10.4. The second-order valence-electron chi connectivity index (χ2n) is 4.50. The first-order valence-electron chi connectivity index (χ1n) is 6.24. The van der Waals surface area contributed by atoms with E-state index in [0.29, 0.717) is 6.54 Å². The van der Waals surface area contributed by atoms with Crippen molar-refractivity contribution in [1.29, 1.82) is 0 Å². The highest BCUT2D eigenvalue weighted by atomic mass is 32.2. The average molecular weight is 298 g/mol. The summed E-state index contributed by atoms with van der Waals surface area (Å²) < 4.78 is 1.74. The van der Waals surface area contributed by atoms with Gasteiger partial charge in [0.2, 0.25) is 0 Å². The monoisotopic (exact) mass is 298 g/mol. The van der Waals surface area contributed by atoms with Crippen LogP contribution in [0.15, 0.2) is 57.1 Å². The molecule has 3 heterocycles. The maximum absolute atomic E-state index is 12.7. The minimum atomic E-state index is 0.0574. The van der Waals surface area contributed by atoms with E-state index in [9.17, 15) is 4.79 Å². The van der Waals surface area contributed by atoms with Crippen molar-refractivity contribution < 1.29 is 0 Å². The smallest absolute Gasteiger partial charge is 0.263 e. The lowest BCUT2D eigenvalue weighted by Gasteiger charge is -2.12. The molecule has 3 aromatic rings. The molecule has 0 amide bonds. The second kappa shape index (κ2) is 4.61. The van der Waals surface area contributed by atoms with E-state index in [0.717, 1.165) is 26.5 Å². The van der Waals surface area contributed by atoms with E-state index in [1.165, 1.54) is 23.1 Å². The molecule has 0 N–H and O–H groups in total. The molecule has 0 saturated heterocycles. The molecule has 0 fully saturated rings. The van der Waals surface area contributed by atoms with Crippen molar-refractivity contribution in [3.63, 3.8) is 0 Å². The van der Waals surface area contributed by atoms with Gasteiger partial charge in [-0.15, -0.1) is 11.3 Å². The Morgan fingerprint density at radius 1 is 1.20 bits per heavy atom. The lowest BCUT2D eigenvalue weighted by atomic mass is 10.1. The van der Waals surface area contributed by atoms with Crippen molar-refractivity contribution in [1.82, 2.24) is 9.55 Å². The predicted molar refractivity (Wildman–Crippen MR) is 84.3 cm³/mol. The topological polar surface area (TPSA) is 34.9 Å². The van der Waals surface area contributed by atoms with E-state index >= 15 is 0 Å². The Kier molecular flexibility index (Phi) is 2.75.